The van der Waals surface area contributed by atoms with Crippen molar-refractivity contribution < 1.29 is 38.2 Å². The van der Waals surface area contributed by atoms with Gasteiger partial charge in [-0.05, 0) is 96.3 Å². The zero-order valence-electron chi connectivity index (χ0n) is 40.2. The lowest BCUT2D eigenvalue weighted by molar-refractivity contribution is -0.887. The Morgan fingerprint density at radius 1 is 0.476 bits per heavy atom. The molecule has 2 unspecified atom stereocenters. The number of hydrogen-bond acceptors (Lipinski definition) is 6. The Bertz CT molecular complexity index is 1440. The van der Waals surface area contributed by atoms with Gasteiger partial charge in [-0.3, -0.25) is 9.59 Å². The van der Waals surface area contributed by atoms with E-state index >= 15 is 0 Å². The number of hydrogen-bond donors (Lipinski definition) is 1. The predicted octanol–water partition coefficient (Wildman–Crippen LogP) is 13.8. The molecule has 0 aliphatic carbocycles. The maximum absolute atomic E-state index is 12.8. The van der Waals surface area contributed by atoms with E-state index in [9.17, 15) is 19.5 Å². The van der Waals surface area contributed by atoms with E-state index in [1.165, 1.54) is 12.8 Å². The first-order valence-electron chi connectivity index (χ1n) is 24.1. The fourth-order valence-corrected chi connectivity index (χ4v) is 6.21. The second kappa shape index (κ2) is 44.3. The molecule has 8 heteroatoms. The van der Waals surface area contributed by atoms with Gasteiger partial charge in [-0.2, -0.15) is 0 Å². The summed E-state index contributed by atoms with van der Waals surface area (Å²) in [7, 11) is 5.49. The molecule has 0 radical (unpaired) electrons. The lowest BCUT2D eigenvalue weighted by Gasteiger charge is -2.31. The average Bonchev–Trinajstić information content (AvgIpc) is 3.24. The molecule has 0 bridgehead atoms. The van der Waals surface area contributed by atoms with Gasteiger partial charge in [0.05, 0.1) is 34.4 Å². The lowest BCUT2D eigenvalue weighted by atomic mass is 10.1. The molecule has 1 N–H and O–H groups in total. The van der Waals surface area contributed by atoms with Crippen LogP contribution in [0.1, 0.15) is 155 Å². The Morgan fingerprint density at radius 3 is 1.29 bits per heavy atom. The Kier molecular flexibility index (Phi) is 41.3. The molecule has 0 rings (SSSR count). The third-order valence-corrected chi connectivity index (χ3v) is 9.86. The molecular weight excluding hydrogens is 787 g/mol. The number of carboxylic acids is 1. The molecule has 0 saturated heterocycles. The molecule has 354 valence electrons. The second-order valence-corrected chi connectivity index (χ2v) is 16.6. The smallest absolute Gasteiger partial charge is 0.362 e. The maximum Gasteiger partial charge on any atom is 0.362 e. The minimum atomic E-state index is -0.891. The van der Waals surface area contributed by atoms with Crippen molar-refractivity contribution in [3.05, 3.63) is 122 Å². The molecule has 0 aliphatic heterocycles. The van der Waals surface area contributed by atoms with Gasteiger partial charge in [0.1, 0.15) is 6.61 Å². The van der Waals surface area contributed by atoms with Crippen molar-refractivity contribution in [1.29, 1.82) is 0 Å². The van der Waals surface area contributed by atoms with Crippen LogP contribution in [0.4, 0.5) is 0 Å². The number of allylic oxidation sites excluding steroid dienone is 20. The number of carbonyl (C=O) groups excluding carboxylic acids is 2. The third kappa shape index (κ3) is 42.8. The molecule has 63 heavy (non-hydrogen) atoms. The minimum Gasteiger partial charge on any atom is -0.477 e. The fraction of sp³-hybridized carbons (Fsp3) is 0.582. The largest absolute Gasteiger partial charge is 0.477 e. The Morgan fingerprint density at radius 2 is 0.857 bits per heavy atom. The van der Waals surface area contributed by atoms with E-state index in [1.807, 2.05) is 21.1 Å². The minimum absolute atomic E-state index is 0.0281. The Labute approximate surface area is 384 Å². The number of aliphatic carboxylic acids is 1. The van der Waals surface area contributed by atoms with Crippen LogP contribution in [0, 0.1) is 0 Å². The maximum atomic E-state index is 12.8. The summed E-state index contributed by atoms with van der Waals surface area (Å²) < 4.78 is 17.2. The zero-order valence-corrected chi connectivity index (χ0v) is 40.2. The van der Waals surface area contributed by atoms with Gasteiger partial charge in [-0.25, -0.2) is 4.79 Å². The highest BCUT2D eigenvalue weighted by Crippen LogP contribution is 2.12. The molecule has 0 fully saturated rings. The first kappa shape index (κ1) is 58.7. The standard InChI is InChI=1S/C55H87NO7/c1-6-8-10-12-14-16-18-20-22-24-26-28-29-31-33-35-37-39-41-43-45-53(57)62-50-51(49-61-48-47-52(55(59)60)56(3,4)5)63-54(58)46-44-42-40-38-36-34-32-30-27-25-23-21-19-17-15-13-11-9-7-2/h8-11,14-17,20-23,26-28,30-31,33,37,39,51-52H,6-7,12-13,18-19,24-25,29,32,34-36,38,40-50H2,1-5H3/p+1/b10-8+,11-9+,16-14+,17-15+,22-20+,23-21+,28-26+,30-27+,33-31+,39-37+. The first-order chi connectivity index (χ1) is 30.6. The number of nitrogens with zero attached hydrogens (tertiary/aromatic N) is 1. The van der Waals surface area contributed by atoms with Crippen LogP contribution in [0.5, 0.6) is 0 Å². The van der Waals surface area contributed by atoms with E-state index in [1.54, 1.807) is 0 Å². The summed E-state index contributed by atoms with van der Waals surface area (Å²) in [5.41, 5.74) is 0. The average molecular weight is 875 g/mol. The highest BCUT2D eigenvalue weighted by Gasteiger charge is 2.31. The number of carbonyl (C=O) groups is 3. The molecule has 0 amide bonds. The van der Waals surface area contributed by atoms with Crippen molar-refractivity contribution in [3.63, 3.8) is 0 Å². The first-order valence-corrected chi connectivity index (χ1v) is 24.1. The Balaban J connectivity index is 4.45. The van der Waals surface area contributed by atoms with Gasteiger partial charge in [-0.15, -0.1) is 0 Å². The molecule has 2 atom stereocenters. The van der Waals surface area contributed by atoms with Crippen molar-refractivity contribution in [3.8, 4) is 0 Å². The number of likely N-dealkylation sites (N-methyl/N-ethyl adjacent to an activating group) is 1. The highest BCUT2D eigenvalue weighted by atomic mass is 16.6. The van der Waals surface area contributed by atoms with Crippen LogP contribution in [-0.2, 0) is 28.6 Å². The number of ether oxygens (including phenoxy) is 3. The summed E-state index contributed by atoms with van der Waals surface area (Å²) in [6, 6.07) is -0.634. The van der Waals surface area contributed by atoms with Crippen LogP contribution in [-0.4, -0.2) is 80.6 Å². The molecule has 0 aromatic heterocycles. The number of carboxylic acid groups (broad SMARTS) is 1. The van der Waals surface area contributed by atoms with Crippen molar-refractivity contribution in [1.82, 2.24) is 0 Å². The van der Waals surface area contributed by atoms with Gasteiger partial charge >= 0.3 is 17.9 Å². The summed E-state index contributed by atoms with van der Waals surface area (Å²) in [6.45, 7) is 4.41. The molecule has 0 aromatic carbocycles. The highest BCUT2D eigenvalue weighted by molar-refractivity contribution is 5.72. The molecule has 8 nitrogen and oxygen atoms in total. The molecule has 0 spiro atoms. The summed E-state index contributed by atoms with van der Waals surface area (Å²) in [5, 5.41) is 9.64. The quantitative estimate of drug-likeness (QED) is 0.0283. The van der Waals surface area contributed by atoms with E-state index in [2.05, 4.69) is 135 Å². The normalized spacial score (nSPS) is 14.0. The zero-order chi connectivity index (χ0) is 46.3. The van der Waals surface area contributed by atoms with E-state index < -0.39 is 18.1 Å². The summed E-state index contributed by atoms with van der Waals surface area (Å²) in [4.78, 5) is 37.1. The molecule has 0 aromatic rings. The van der Waals surface area contributed by atoms with Crippen molar-refractivity contribution in [2.24, 2.45) is 0 Å². The van der Waals surface area contributed by atoms with Crippen LogP contribution < -0.4 is 0 Å². The van der Waals surface area contributed by atoms with Gasteiger partial charge in [0, 0.05) is 19.3 Å². The van der Waals surface area contributed by atoms with E-state index in [0.717, 1.165) is 103 Å². The summed E-state index contributed by atoms with van der Waals surface area (Å²) >= 11 is 0. The van der Waals surface area contributed by atoms with Crippen LogP contribution in [0.3, 0.4) is 0 Å². The van der Waals surface area contributed by atoms with Crippen molar-refractivity contribution >= 4 is 17.9 Å². The van der Waals surface area contributed by atoms with E-state index in [4.69, 9.17) is 14.2 Å². The molecule has 0 aliphatic rings. The van der Waals surface area contributed by atoms with Gasteiger partial charge in [-0.1, -0.05) is 161 Å². The van der Waals surface area contributed by atoms with Gasteiger partial charge in [0.25, 0.3) is 0 Å². The van der Waals surface area contributed by atoms with Gasteiger partial charge < -0.3 is 23.8 Å². The van der Waals surface area contributed by atoms with Crippen molar-refractivity contribution in [2.45, 2.75) is 167 Å². The predicted molar refractivity (Wildman–Crippen MR) is 265 cm³/mol. The molecule has 0 heterocycles. The van der Waals surface area contributed by atoms with Crippen LogP contribution >= 0.6 is 0 Å². The van der Waals surface area contributed by atoms with Crippen LogP contribution in [0.2, 0.25) is 0 Å². The number of rotatable bonds is 41. The van der Waals surface area contributed by atoms with Crippen LogP contribution in [0.25, 0.3) is 0 Å². The second-order valence-electron chi connectivity index (χ2n) is 16.6. The summed E-state index contributed by atoms with van der Waals surface area (Å²) in [6.07, 6.45) is 62.5. The van der Waals surface area contributed by atoms with Gasteiger partial charge in [0.15, 0.2) is 12.1 Å². The monoisotopic (exact) mass is 875 g/mol. The van der Waals surface area contributed by atoms with Crippen molar-refractivity contribution in [2.75, 3.05) is 41.0 Å². The van der Waals surface area contributed by atoms with Crippen LogP contribution in [0.15, 0.2) is 122 Å². The molecule has 0 saturated carbocycles. The number of esters is 2. The lowest BCUT2D eigenvalue weighted by Crippen LogP contribution is -2.50. The van der Waals surface area contributed by atoms with E-state index in [0.29, 0.717) is 19.3 Å². The van der Waals surface area contributed by atoms with E-state index in [-0.39, 0.29) is 42.7 Å². The third-order valence-electron chi connectivity index (χ3n) is 9.86. The number of unbranched alkanes of at least 4 members (excludes halogenated alkanes) is 7. The topological polar surface area (TPSA) is 99.1 Å². The number of quaternary nitrogens is 1. The van der Waals surface area contributed by atoms with Gasteiger partial charge in [0.2, 0.25) is 0 Å². The SMILES string of the molecule is CC/C=C/C/C=C/C/C=C/C/C=C/C/C=C/C/C=C/CCCC(=O)OCC(COCCC(C(=O)O)[N+](C)(C)C)OC(=O)CCCCCCCC/C=C/C/C=C/C/C=C/C/C=C/CC. The fourth-order valence-electron chi connectivity index (χ4n) is 6.21. The summed E-state index contributed by atoms with van der Waals surface area (Å²) in [5.74, 6) is -1.58. The molecular formula is C55H88NO7+. The Hall–Kier alpha value is -4.27.